The molecule has 0 radical (unpaired) electrons. The number of rotatable bonds is 5. The van der Waals surface area contributed by atoms with Crippen molar-refractivity contribution in [1.82, 2.24) is 10.3 Å². The summed E-state index contributed by atoms with van der Waals surface area (Å²) < 4.78 is 0. The van der Waals surface area contributed by atoms with Gasteiger partial charge in [-0.05, 0) is 12.5 Å². The number of anilines is 2. The van der Waals surface area contributed by atoms with Crippen molar-refractivity contribution in [3.05, 3.63) is 40.8 Å². The number of benzene rings is 1. The summed E-state index contributed by atoms with van der Waals surface area (Å²) in [7, 11) is 1.92. The molecule has 0 saturated heterocycles. The summed E-state index contributed by atoms with van der Waals surface area (Å²) in [5.74, 6) is 0.107. The van der Waals surface area contributed by atoms with Gasteiger partial charge in [0.15, 0.2) is 5.13 Å². The molecule has 0 saturated carbocycles. The minimum absolute atomic E-state index is 0.181. The minimum Gasteiger partial charge on any atom is -0.382 e. The van der Waals surface area contributed by atoms with Crippen molar-refractivity contribution in [3.8, 4) is 0 Å². The van der Waals surface area contributed by atoms with E-state index in [4.69, 9.17) is 5.73 Å². The van der Waals surface area contributed by atoms with E-state index in [9.17, 15) is 4.79 Å². The van der Waals surface area contributed by atoms with Gasteiger partial charge in [-0.2, -0.15) is 0 Å². The standard InChI is InChI=1S/C14H18N4OS/c1-3-18(2)14-17-12(15)11(20-14)13(19)16-9-10-7-5-4-6-8-10/h4-8H,3,9,15H2,1-2H3,(H,16,19). The SMILES string of the molecule is CCN(C)c1nc(N)c(C(=O)NCc2ccccc2)s1. The molecular weight excluding hydrogens is 272 g/mol. The first kappa shape index (κ1) is 14.3. The number of aromatic nitrogens is 1. The summed E-state index contributed by atoms with van der Waals surface area (Å²) in [6.45, 7) is 3.32. The Morgan fingerprint density at radius 3 is 2.75 bits per heavy atom. The number of hydrogen-bond acceptors (Lipinski definition) is 5. The first-order chi connectivity index (χ1) is 9.61. The maximum absolute atomic E-state index is 12.1. The number of carbonyl (C=O) groups is 1. The van der Waals surface area contributed by atoms with Crippen LogP contribution < -0.4 is 16.0 Å². The molecule has 1 heterocycles. The van der Waals surface area contributed by atoms with Crippen molar-refractivity contribution in [2.75, 3.05) is 24.2 Å². The molecule has 0 spiro atoms. The van der Waals surface area contributed by atoms with Gasteiger partial charge in [-0.15, -0.1) is 0 Å². The Morgan fingerprint density at radius 2 is 2.10 bits per heavy atom. The van der Waals surface area contributed by atoms with Crippen molar-refractivity contribution in [2.24, 2.45) is 0 Å². The summed E-state index contributed by atoms with van der Waals surface area (Å²) in [5, 5.41) is 3.62. The molecule has 0 unspecified atom stereocenters. The number of amides is 1. The highest BCUT2D eigenvalue weighted by atomic mass is 32.1. The third kappa shape index (κ3) is 3.27. The van der Waals surface area contributed by atoms with Crippen LogP contribution in [0.5, 0.6) is 0 Å². The van der Waals surface area contributed by atoms with Crippen LogP contribution in [0.2, 0.25) is 0 Å². The molecule has 0 aliphatic carbocycles. The number of carbonyl (C=O) groups excluding carboxylic acids is 1. The summed E-state index contributed by atoms with van der Waals surface area (Å²) in [6, 6.07) is 9.76. The molecule has 0 fully saturated rings. The molecular formula is C14H18N4OS. The zero-order chi connectivity index (χ0) is 14.5. The van der Waals surface area contributed by atoms with Crippen LogP contribution in [0.3, 0.4) is 0 Å². The van der Waals surface area contributed by atoms with E-state index < -0.39 is 0 Å². The van der Waals surface area contributed by atoms with Gasteiger partial charge < -0.3 is 16.0 Å². The first-order valence-corrected chi connectivity index (χ1v) is 7.23. The highest BCUT2D eigenvalue weighted by Gasteiger charge is 2.17. The fourth-order valence-electron chi connectivity index (χ4n) is 1.64. The number of hydrogen-bond donors (Lipinski definition) is 2. The van der Waals surface area contributed by atoms with E-state index >= 15 is 0 Å². The Hall–Kier alpha value is -2.08. The predicted octanol–water partition coefficient (Wildman–Crippen LogP) is 2.11. The number of nitrogens with two attached hydrogens (primary N) is 1. The summed E-state index contributed by atoms with van der Waals surface area (Å²) in [6.07, 6.45) is 0. The molecule has 6 heteroatoms. The lowest BCUT2D eigenvalue weighted by atomic mass is 10.2. The van der Waals surface area contributed by atoms with Gasteiger partial charge >= 0.3 is 0 Å². The number of nitrogens with one attached hydrogen (secondary N) is 1. The van der Waals surface area contributed by atoms with E-state index in [1.807, 2.05) is 49.2 Å². The first-order valence-electron chi connectivity index (χ1n) is 6.41. The number of thiazole rings is 1. The quantitative estimate of drug-likeness (QED) is 0.884. The maximum atomic E-state index is 12.1. The van der Waals surface area contributed by atoms with E-state index in [-0.39, 0.29) is 11.7 Å². The normalized spacial score (nSPS) is 10.3. The van der Waals surface area contributed by atoms with E-state index in [0.29, 0.717) is 11.4 Å². The van der Waals surface area contributed by atoms with Crippen LogP contribution in [0.25, 0.3) is 0 Å². The molecule has 0 aliphatic rings. The van der Waals surface area contributed by atoms with Gasteiger partial charge in [-0.25, -0.2) is 4.98 Å². The molecule has 3 N–H and O–H groups in total. The molecule has 0 aliphatic heterocycles. The van der Waals surface area contributed by atoms with Crippen LogP contribution in [0.1, 0.15) is 22.2 Å². The fourth-order valence-corrected chi connectivity index (χ4v) is 2.57. The van der Waals surface area contributed by atoms with Crippen molar-refractivity contribution in [3.63, 3.8) is 0 Å². The van der Waals surface area contributed by atoms with Crippen molar-refractivity contribution >= 4 is 28.2 Å². The zero-order valence-corrected chi connectivity index (χ0v) is 12.4. The second kappa shape index (κ2) is 6.38. The fraction of sp³-hybridized carbons (Fsp3) is 0.286. The van der Waals surface area contributed by atoms with Gasteiger partial charge in [-0.3, -0.25) is 4.79 Å². The summed E-state index contributed by atoms with van der Waals surface area (Å²) >= 11 is 1.31. The van der Waals surface area contributed by atoms with Gasteiger partial charge in [0.25, 0.3) is 5.91 Å². The van der Waals surface area contributed by atoms with Crippen LogP contribution in [0.15, 0.2) is 30.3 Å². The Morgan fingerprint density at radius 1 is 1.40 bits per heavy atom. The van der Waals surface area contributed by atoms with Crippen molar-refractivity contribution in [2.45, 2.75) is 13.5 Å². The topological polar surface area (TPSA) is 71.2 Å². The second-order valence-electron chi connectivity index (χ2n) is 4.39. The van der Waals surface area contributed by atoms with Gasteiger partial charge in [0, 0.05) is 20.1 Å². The van der Waals surface area contributed by atoms with Gasteiger partial charge in [-0.1, -0.05) is 41.7 Å². The third-order valence-electron chi connectivity index (χ3n) is 2.95. The van der Waals surface area contributed by atoms with Crippen molar-refractivity contribution in [1.29, 1.82) is 0 Å². The lowest BCUT2D eigenvalue weighted by molar-refractivity contribution is 0.0955. The zero-order valence-electron chi connectivity index (χ0n) is 11.6. The number of nitrogen functional groups attached to an aromatic ring is 1. The van der Waals surface area contributed by atoms with E-state index in [0.717, 1.165) is 17.2 Å². The maximum Gasteiger partial charge on any atom is 0.265 e. The minimum atomic E-state index is -0.181. The van der Waals surface area contributed by atoms with Crippen LogP contribution in [0.4, 0.5) is 10.9 Å². The molecule has 0 bridgehead atoms. The molecule has 1 aromatic carbocycles. The van der Waals surface area contributed by atoms with Crippen LogP contribution in [-0.2, 0) is 6.54 Å². The molecule has 5 nitrogen and oxygen atoms in total. The van der Waals surface area contributed by atoms with Gasteiger partial charge in [0.1, 0.15) is 10.7 Å². The molecule has 1 aromatic heterocycles. The van der Waals surface area contributed by atoms with E-state index in [2.05, 4.69) is 10.3 Å². The average molecular weight is 290 g/mol. The Kier molecular flexibility index (Phi) is 4.57. The highest BCUT2D eigenvalue weighted by Crippen LogP contribution is 2.27. The van der Waals surface area contributed by atoms with Crippen LogP contribution in [-0.4, -0.2) is 24.5 Å². The Labute approximate surface area is 122 Å². The molecule has 20 heavy (non-hydrogen) atoms. The molecule has 0 atom stereocenters. The molecule has 106 valence electrons. The molecule has 1 amide bonds. The smallest absolute Gasteiger partial charge is 0.265 e. The largest absolute Gasteiger partial charge is 0.382 e. The third-order valence-corrected chi connectivity index (χ3v) is 4.13. The summed E-state index contributed by atoms with van der Waals surface area (Å²) in [5.41, 5.74) is 6.87. The average Bonchev–Trinajstić information content (AvgIpc) is 2.87. The summed E-state index contributed by atoms with van der Waals surface area (Å²) in [4.78, 5) is 18.8. The van der Waals surface area contributed by atoms with Gasteiger partial charge in [0.05, 0.1) is 0 Å². The lowest BCUT2D eigenvalue weighted by Crippen LogP contribution is -2.22. The predicted molar refractivity (Wildman–Crippen MR) is 83.1 cm³/mol. The van der Waals surface area contributed by atoms with Crippen molar-refractivity contribution < 1.29 is 4.79 Å². The van der Waals surface area contributed by atoms with Crippen LogP contribution in [0, 0.1) is 0 Å². The number of nitrogens with zero attached hydrogens (tertiary/aromatic N) is 2. The van der Waals surface area contributed by atoms with E-state index in [1.54, 1.807) is 0 Å². The van der Waals surface area contributed by atoms with E-state index in [1.165, 1.54) is 11.3 Å². The molecule has 2 aromatic rings. The van der Waals surface area contributed by atoms with Gasteiger partial charge in [0.2, 0.25) is 0 Å². The Balaban J connectivity index is 2.04. The van der Waals surface area contributed by atoms with Crippen LogP contribution >= 0.6 is 11.3 Å². The molecule has 2 rings (SSSR count). The highest BCUT2D eigenvalue weighted by molar-refractivity contribution is 7.18. The monoisotopic (exact) mass is 290 g/mol. The lowest BCUT2D eigenvalue weighted by Gasteiger charge is -2.10. The Bertz CT molecular complexity index is 582. The second-order valence-corrected chi connectivity index (χ2v) is 5.37.